The van der Waals surface area contributed by atoms with Gasteiger partial charge in [-0.1, -0.05) is 55.4 Å². The zero-order valence-electron chi connectivity index (χ0n) is 21.7. The van der Waals surface area contributed by atoms with Crippen molar-refractivity contribution in [3.05, 3.63) is 0 Å². The Hall–Kier alpha value is -1.63. The fraction of sp³-hybridized carbons (Fsp3) is 0.880. The van der Waals surface area contributed by atoms with Crippen LogP contribution in [-0.4, -0.2) is 47.1 Å². The first-order chi connectivity index (χ1) is 14.6. The molecular formula is C25H47N3O4. The average molecular weight is 454 g/mol. The molecule has 1 aliphatic rings. The van der Waals surface area contributed by atoms with Crippen LogP contribution in [0.4, 0.5) is 0 Å². The summed E-state index contributed by atoms with van der Waals surface area (Å²) in [5, 5.41) is 17.0. The second-order valence-electron chi connectivity index (χ2n) is 12.1. The van der Waals surface area contributed by atoms with E-state index in [0.717, 1.165) is 30.7 Å². The molecule has 3 amide bonds. The predicted octanol–water partition coefficient (Wildman–Crippen LogP) is 4.14. The van der Waals surface area contributed by atoms with Gasteiger partial charge < -0.3 is 10.6 Å². The molecule has 1 rings (SSSR count). The molecule has 1 aliphatic carbocycles. The fourth-order valence-corrected chi connectivity index (χ4v) is 4.63. The number of amides is 3. The lowest BCUT2D eigenvalue weighted by Gasteiger charge is -2.39. The lowest BCUT2D eigenvalue weighted by atomic mass is 9.71. The first kappa shape index (κ1) is 28.4. The third-order valence-corrected chi connectivity index (χ3v) is 6.73. The summed E-state index contributed by atoms with van der Waals surface area (Å²) >= 11 is 0. The normalized spacial score (nSPS) is 21.6. The smallest absolute Gasteiger partial charge is 0.246 e. The van der Waals surface area contributed by atoms with Gasteiger partial charge in [0, 0.05) is 19.4 Å². The molecule has 3 N–H and O–H groups in total. The molecule has 0 radical (unpaired) electrons. The van der Waals surface area contributed by atoms with E-state index in [4.69, 9.17) is 0 Å². The molecule has 1 fully saturated rings. The van der Waals surface area contributed by atoms with E-state index in [0.29, 0.717) is 12.3 Å². The van der Waals surface area contributed by atoms with Crippen LogP contribution in [-0.2, 0) is 14.4 Å². The molecule has 0 aliphatic heterocycles. The predicted molar refractivity (Wildman–Crippen MR) is 127 cm³/mol. The Balaban J connectivity index is 2.84. The van der Waals surface area contributed by atoms with Crippen molar-refractivity contribution in [3.63, 3.8) is 0 Å². The van der Waals surface area contributed by atoms with Gasteiger partial charge in [0.2, 0.25) is 17.7 Å². The van der Waals surface area contributed by atoms with E-state index in [9.17, 15) is 19.6 Å². The van der Waals surface area contributed by atoms with Crippen LogP contribution in [0.3, 0.4) is 0 Å². The van der Waals surface area contributed by atoms with Gasteiger partial charge in [-0.15, -0.1) is 0 Å². The van der Waals surface area contributed by atoms with Crippen molar-refractivity contribution in [2.45, 2.75) is 106 Å². The SMILES string of the molecule is CNC(=O)[C@@H](NC(=O)[C@@H](CC(=O)N(O)C1CCC(C(C)(C)C)CC1)CC(C)C)C(C)(C)C. The van der Waals surface area contributed by atoms with E-state index in [1.165, 1.54) is 0 Å². The van der Waals surface area contributed by atoms with Crippen LogP contribution in [0.25, 0.3) is 0 Å². The number of likely N-dealkylation sites (N-methyl/N-ethyl adjacent to an activating group) is 1. The highest BCUT2D eigenvalue weighted by Crippen LogP contribution is 2.39. The largest absolute Gasteiger partial charge is 0.357 e. The second-order valence-corrected chi connectivity index (χ2v) is 12.1. The van der Waals surface area contributed by atoms with Gasteiger partial charge in [-0.25, -0.2) is 5.06 Å². The van der Waals surface area contributed by atoms with Gasteiger partial charge >= 0.3 is 0 Å². The lowest BCUT2D eigenvalue weighted by molar-refractivity contribution is -0.181. The van der Waals surface area contributed by atoms with E-state index < -0.39 is 23.3 Å². The molecule has 0 aromatic carbocycles. The van der Waals surface area contributed by atoms with Crippen LogP contribution in [0.15, 0.2) is 0 Å². The van der Waals surface area contributed by atoms with Crippen LogP contribution in [0.2, 0.25) is 0 Å². The highest BCUT2D eigenvalue weighted by atomic mass is 16.5. The molecule has 2 atom stereocenters. The summed E-state index contributed by atoms with van der Waals surface area (Å²) in [6.45, 7) is 16.4. The number of carbonyl (C=O) groups is 3. The van der Waals surface area contributed by atoms with Gasteiger partial charge in [0.15, 0.2) is 0 Å². The Kier molecular flexibility index (Phi) is 10.2. The molecule has 0 unspecified atom stereocenters. The van der Waals surface area contributed by atoms with Crippen molar-refractivity contribution in [3.8, 4) is 0 Å². The maximum atomic E-state index is 13.1. The van der Waals surface area contributed by atoms with E-state index in [1.807, 2.05) is 34.6 Å². The Labute approximate surface area is 195 Å². The van der Waals surface area contributed by atoms with Crippen LogP contribution in [0, 0.1) is 28.6 Å². The summed E-state index contributed by atoms with van der Waals surface area (Å²) in [4.78, 5) is 38.3. The Morgan fingerprint density at radius 2 is 1.50 bits per heavy atom. The first-order valence-corrected chi connectivity index (χ1v) is 12.1. The zero-order valence-corrected chi connectivity index (χ0v) is 21.7. The third kappa shape index (κ3) is 8.38. The summed E-state index contributed by atoms with van der Waals surface area (Å²) in [5.41, 5.74) is -0.249. The third-order valence-electron chi connectivity index (χ3n) is 6.73. The minimum absolute atomic E-state index is 0.0652. The Bertz CT molecular complexity index is 641. The van der Waals surface area contributed by atoms with E-state index in [1.54, 1.807) is 7.05 Å². The average Bonchev–Trinajstić information content (AvgIpc) is 2.68. The van der Waals surface area contributed by atoms with Crippen molar-refractivity contribution in [2.24, 2.45) is 28.6 Å². The van der Waals surface area contributed by atoms with Crippen LogP contribution in [0.5, 0.6) is 0 Å². The number of nitrogens with zero attached hydrogens (tertiary/aromatic N) is 1. The number of hydrogen-bond donors (Lipinski definition) is 3. The molecule has 1 saturated carbocycles. The molecule has 0 spiro atoms. The number of hydroxylamine groups is 2. The van der Waals surface area contributed by atoms with Crippen molar-refractivity contribution in [1.82, 2.24) is 15.7 Å². The summed E-state index contributed by atoms with van der Waals surface area (Å²) in [7, 11) is 1.54. The van der Waals surface area contributed by atoms with Gasteiger partial charge in [-0.05, 0) is 54.8 Å². The molecule has 7 nitrogen and oxygen atoms in total. The van der Waals surface area contributed by atoms with Crippen LogP contribution in [0.1, 0.15) is 93.9 Å². The van der Waals surface area contributed by atoms with Gasteiger partial charge in [0.25, 0.3) is 0 Å². The minimum Gasteiger partial charge on any atom is -0.357 e. The summed E-state index contributed by atoms with van der Waals surface area (Å²) < 4.78 is 0. The van der Waals surface area contributed by atoms with Gasteiger partial charge in [-0.2, -0.15) is 0 Å². The van der Waals surface area contributed by atoms with E-state index >= 15 is 0 Å². The van der Waals surface area contributed by atoms with E-state index in [-0.39, 0.29) is 35.6 Å². The standard InChI is InChI=1S/C25H47N3O4/c1-16(2)14-17(22(30)27-21(23(31)26-9)25(6,7)8)15-20(29)28(32)19-12-10-18(11-13-19)24(3,4)5/h16-19,21,32H,10-15H2,1-9H3,(H,26,31)(H,27,30)/t17-,18?,19?,21-/m1/s1. The molecule has 32 heavy (non-hydrogen) atoms. The highest BCUT2D eigenvalue weighted by molar-refractivity contribution is 5.91. The van der Waals surface area contributed by atoms with Crippen molar-refractivity contribution in [2.75, 3.05) is 7.05 Å². The molecular weight excluding hydrogens is 406 g/mol. The second kappa shape index (κ2) is 11.5. The number of rotatable bonds is 8. The number of nitrogens with one attached hydrogen (secondary N) is 2. The van der Waals surface area contributed by atoms with E-state index in [2.05, 4.69) is 31.4 Å². The number of carbonyl (C=O) groups excluding carboxylic acids is 3. The van der Waals surface area contributed by atoms with Crippen molar-refractivity contribution >= 4 is 17.7 Å². The summed E-state index contributed by atoms with van der Waals surface area (Å²) in [6.07, 6.45) is 3.95. The molecule has 186 valence electrons. The highest BCUT2D eigenvalue weighted by Gasteiger charge is 2.37. The van der Waals surface area contributed by atoms with Gasteiger partial charge in [0.1, 0.15) is 6.04 Å². The number of hydrogen-bond acceptors (Lipinski definition) is 4. The maximum absolute atomic E-state index is 13.1. The van der Waals surface area contributed by atoms with Crippen LogP contribution < -0.4 is 10.6 Å². The molecule has 7 heteroatoms. The molecule has 0 saturated heterocycles. The van der Waals surface area contributed by atoms with Crippen molar-refractivity contribution in [1.29, 1.82) is 0 Å². The summed E-state index contributed by atoms with van der Waals surface area (Å²) in [5.74, 6) is -0.822. The molecule has 0 heterocycles. The lowest BCUT2D eigenvalue weighted by Crippen LogP contribution is -2.54. The van der Waals surface area contributed by atoms with Gasteiger partial charge in [-0.3, -0.25) is 19.6 Å². The molecule has 0 bridgehead atoms. The first-order valence-electron chi connectivity index (χ1n) is 12.1. The quantitative estimate of drug-likeness (QED) is 0.380. The molecule has 0 aromatic heterocycles. The Morgan fingerprint density at radius 3 is 1.91 bits per heavy atom. The minimum atomic E-state index is -0.706. The molecule has 0 aromatic rings. The van der Waals surface area contributed by atoms with Crippen LogP contribution >= 0.6 is 0 Å². The van der Waals surface area contributed by atoms with Crippen molar-refractivity contribution < 1.29 is 19.6 Å². The zero-order chi connectivity index (χ0) is 24.9. The summed E-state index contributed by atoms with van der Waals surface area (Å²) in [6, 6.07) is -0.903. The topological polar surface area (TPSA) is 98.7 Å². The Morgan fingerprint density at radius 1 is 0.969 bits per heavy atom. The fourth-order valence-electron chi connectivity index (χ4n) is 4.63. The maximum Gasteiger partial charge on any atom is 0.246 e. The van der Waals surface area contributed by atoms with Gasteiger partial charge in [0.05, 0.1) is 6.04 Å². The monoisotopic (exact) mass is 453 g/mol.